The van der Waals surface area contributed by atoms with Crippen LogP contribution in [0.25, 0.3) is 111 Å². The normalized spacial score (nSPS) is 11.5. The van der Waals surface area contributed by atoms with Crippen molar-refractivity contribution in [2.75, 3.05) is 0 Å². The molecule has 5 heteroatoms. The minimum absolute atomic E-state index is 0.559. The number of benzene rings is 9. The van der Waals surface area contributed by atoms with E-state index in [1.165, 1.54) is 0 Å². The van der Waals surface area contributed by atoms with Crippen LogP contribution >= 0.6 is 0 Å². The van der Waals surface area contributed by atoms with Crippen molar-refractivity contribution < 1.29 is 0 Å². The molecule has 0 bridgehead atoms. The van der Waals surface area contributed by atoms with E-state index in [0.29, 0.717) is 17.6 Å². The van der Waals surface area contributed by atoms with Crippen LogP contribution in [0.3, 0.4) is 0 Å². The number of fused-ring (bicyclic) bond motifs is 7. The fraction of sp³-hybridized carbons (Fsp3) is 0. The Morgan fingerprint density at radius 3 is 1.42 bits per heavy atom. The Morgan fingerprint density at radius 1 is 0.290 bits per heavy atom. The lowest BCUT2D eigenvalue weighted by Gasteiger charge is -2.19. The summed E-state index contributed by atoms with van der Waals surface area (Å²) in [5.74, 6) is 1.78. The van der Waals surface area contributed by atoms with E-state index in [0.717, 1.165) is 93.8 Å². The fourth-order valence-corrected chi connectivity index (χ4v) is 9.22. The van der Waals surface area contributed by atoms with Gasteiger partial charge in [-0.3, -0.25) is 4.57 Å². The molecule has 12 aromatic rings. The van der Waals surface area contributed by atoms with Crippen molar-refractivity contribution in [3.63, 3.8) is 0 Å². The van der Waals surface area contributed by atoms with Gasteiger partial charge < -0.3 is 4.57 Å². The van der Waals surface area contributed by atoms with Gasteiger partial charge in [-0.2, -0.15) is 9.97 Å². The molecule has 5 nitrogen and oxygen atoms in total. The summed E-state index contributed by atoms with van der Waals surface area (Å²) in [7, 11) is 0. The molecule has 0 radical (unpaired) electrons. The average Bonchev–Trinajstić information content (AvgIpc) is 3.87. The molecule has 0 saturated heterocycles. The predicted octanol–water partition coefficient (Wildman–Crippen LogP) is 14.4. The maximum atomic E-state index is 5.40. The summed E-state index contributed by atoms with van der Waals surface area (Å²) in [4.78, 5) is 15.9. The van der Waals surface area contributed by atoms with Crippen LogP contribution in [-0.4, -0.2) is 24.1 Å². The van der Waals surface area contributed by atoms with Crippen molar-refractivity contribution in [1.29, 1.82) is 0 Å². The third kappa shape index (κ3) is 5.82. The second-order valence-corrected chi connectivity index (χ2v) is 15.6. The standard InChI is InChI=1S/C57H37N5/c1-5-19-38(20-6-1)42-27-17-28-43(37-42)56-58-55(41-25-11-4-12-26-41)59-57(60-56)62-49-33-15-13-29-46(49)47-35-36-51-52(54(47)62)48-30-14-16-34-50(48)61(51)53-44(39-21-7-2-8-22-39)31-18-32-45(53)40-23-9-3-10-24-40/h1-37H. The lowest BCUT2D eigenvalue weighted by Crippen LogP contribution is -2.06. The van der Waals surface area contributed by atoms with E-state index in [1.807, 2.05) is 24.3 Å². The molecule has 0 spiro atoms. The van der Waals surface area contributed by atoms with Gasteiger partial charge in [-0.1, -0.05) is 200 Å². The first-order chi connectivity index (χ1) is 30.8. The molecule has 290 valence electrons. The van der Waals surface area contributed by atoms with E-state index in [4.69, 9.17) is 15.0 Å². The number of hydrogen-bond donors (Lipinski definition) is 0. The van der Waals surface area contributed by atoms with Crippen LogP contribution in [0.4, 0.5) is 0 Å². The Balaban J connectivity index is 1.20. The van der Waals surface area contributed by atoms with Crippen molar-refractivity contribution >= 4 is 43.6 Å². The zero-order chi connectivity index (χ0) is 41.0. The van der Waals surface area contributed by atoms with E-state index in [-0.39, 0.29) is 0 Å². The van der Waals surface area contributed by atoms with Crippen molar-refractivity contribution in [3.8, 4) is 67.8 Å². The largest absolute Gasteiger partial charge is 0.308 e. The summed E-state index contributed by atoms with van der Waals surface area (Å²) in [6.45, 7) is 0. The summed E-state index contributed by atoms with van der Waals surface area (Å²) in [6.07, 6.45) is 0. The van der Waals surface area contributed by atoms with Crippen LogP contribution < -0.4 is 0 Å². The summed E-state index contributed by atoms with van der Waals surface area (Å²) in [6, 6.07) is 79.3. The van der Waals surface area contributed by atoms with Crippen molar-refractivity contribution in [2.24, 2.45) is 0 Å². The first kappa shape index (κ1) is 35.5. The van der Waals surface area contributed by atoms with E-state index >= 15 is 0 Å². The smallest absolute Gasteiger partial charge is 0.238 e. The second kappa shape index (κ2) is 14.7. The van der Waals surface area contributed by atoms with Gasteiger partial charge in [-0.05, 0) is 46.5 Å². The molecule has 3 heterocycles. The van der Waals surface area contributed by atoms with E-state index in [9.17, 15) is 0 Å². The first-order valence-electron chi connectivity index (χ1n) is 21.0. The maximum absolute atomic E-state index is 5.40. The SMILES string of the molecule is c1ccc(-c2cccc(-c3nc(-c4ccccc4)nc(-n4c5ccccc5c5ccc6c(c7ccccc7n6-c6c(-c7ccccc7)cccc6-c6ccccc6)c54)n3)c2)cc1. The number of nitrogens with zero attached hydrogens (tertiary/aromatic N) is 5. The highest BCUT2D eigenvalue weighted by Gasteiger charge is 2.25. The molecular weight excluding hydrogens is 755 g/mol. The molecule has 0 aliphatic rings. The van der Waals surface area contributed by atoms with Crippen molar-refractivity contribution in [1.82, 2.24) is 24.1 Å². The Morgan fingerprint density at radius 2 is 0.774 bits per heavy atom. The van der Waals surface area contributed by atoms with Crippen LogP contribution in [0, 0.1) is 0 Å². The van der Waals surface area contributed by atoms with Crippen LogP contribution in [0.15, 0.2) is 224 Å². The lowest BCUT2D eigenvalue weighted by atomic mass is 9.95. The van der Waals surface area contributed by atoms with Crippen LogP contribution in [0.5, 0.6) is 0 Å². The minimum Gasteiger partial charge on any atom is -0.308 e. The molecular formula is C57H37N5. The lowest BCUT2D eigenvalue weighted by molar-refractivity contribution is 0.955. The quantitative estimate of drug-likeness (QED) is 0.162. The van der Waals surface area contributed by atoms with Gasteiger partial charge in [0.15, 0.2) is 11.6 Å². The molecule has 9 aromatic carbocycles. The maximum Gasteiger partial charge on any atom is 0.238 e. The van der Waals surface area contributed by atoms with E-state index in [1.54, 1.807) is 0 Å². The van der Waals surface area contributed by atoms with Gasteiger partial charge in [0.2, 0.25) is 5.95 Å². The number of rotatable bonds is 7. The third-order valence-corrected chi connectivity index (χ3v) is 12.0. The molecule has 0 N–H and O–H groups in total. The highest BCUT2D eigenvalue weighted by molar-refractivity contribution is 6.26. The minimum atomic E-state index is 0.559. The van der Waals surface area contributed by atoms with Gasteiger partial charge in [0.05, 0.1) is 27.8 Å². The highest BCUT2D eigenvalue weighted by Crippen LogP contribution is 2.45. The second-order valence-electron chi connectivity index (χ2n) is 15.6. The Labute approximate surface area is 358 Å². The van der Waals surface area contributed by atoms with E-state index in [2.05, 4.69) is 209 Å². The van der Waals surface area contributed by atoms with Crippen LogP contribution in [-0.2, 0) is 0 Å². The van der Waals surface area contributed by atoms with Crippen LogP contribution in [0.1, 0.15) is 0 Å². The third-order valence-electron chi connectivity index (χ3n) is 12.0. The fourth-order valence-electron chi connectivity index (χ4n) is 9.22. The molecule has 0 aliphatic heterocycles. The van der Waals surface area contributed by atoms with Crippen LogP contribution in [0.2, 0.25) is 0 Å². The van der Waals surface area contributed by atoms with Gasteiger partial charge in [-0.25, -0.2) is 4.98 Å². The molecule has 0 fully saturated rings. The highest BCUT2D eigenvalue weighted by atomic mass is 15.2. The van der Waals surface area contributed by atoms with Gasteiger partial charge >= 0.3 is 0 Å². The van der Waals surface area contributed by atoms with Gasteiger partial charge in [-0.15, -0.1) is 0 Å². The first-order valence-corrected chi connectivity index (χ1v) is 21.0. The van der Waals surface area contributed by atoms with E-state index < -0.39 is 0 Å². The topological polar surface area (TPSA) is 48.5 Å². The predicted molar refractivity (Wildman–Crippen MR) is 256 cm³/mol. The summed E-state index contributed by atoms with van der Waals surface area (Å²) < 4.78 is 4.74. The molecule has 0 aliphatic carbocycles. The van der Waals surface area contributed by atoms with Gasteiger partial charge in [0.25, 0.3) is 0 Å². The number of para-hydroxylation sites is 3. The Hall–Kier alpha value is -8.41. The van der Waals surface area contributed by atoms with Gasteiger partial charge in [0, 0.05) is 43.8 Å². The van der Waals surface area contributed by atoms with Crippen molar-refractivity contribution in [3.05, 3.63) is 224 Å². The monoisotopic (exact) mass is 791 g/mol. The summed E-state index contributed by atoms with van der Waals surface area (Å²) in [5, 5.41) is 4.53. The molecule has 0 atom stereocenters. The molecule has 3 aromatic heterocycles. The molecule has 12 rings (SSSR count). The molecule has 62 heavy (non-hydrogen) atoms. The summed E-state index contributed by atoms with van der Waals surface area (Å²) in [5.41, 5.74) is 14.1. The zero-order valence-corrected chi connectivity index (χ0v) is 33.6. The van der Waals surface area contributed by atoms with Gasteiger partial charge in [0.1, 0.15) is 0 Å². The number of aromatic nitrogens is 5. The molecule has 0 amide bonds. The number of hydrogen-bond acceptors (Lipinski definition) is 3. The Bertz CT molecular complexity index is 3550. The average molecular weight is 792 g/mol. The molecule has 0 unspecified atom stereocenters. The van der Waals surface area contributed by atoms with Crippen molar-refractivity contribution in [2.45, 2.75) is 0 Å². The zero-order valence-electron chi connectivity index (χ0n) is 33.6. The summed E-state index contributed by atoms with van der Waals surface area (Å²) >= 11 is 0. The molecule has 0 saturated carbocycles. The Kier molecular flexibility index (Phi) is 8.42.